The molecule has 6 nitrogen and oxygen atoms in total. The largest absolute Gasteiger partial charge is 0.420 e. The lowest BCUT2D eigenvalue weighted by molar-refractivity contribution is 0.509. The predicted octanol–water partition coefficient (Wildman–Crippen LogP) is 4.95. The molecular weight excluding hydrogens is 416 g/mol. The fourth-order valence-electron chi connectivity index (χ4n) is 3.93. The molecule has 8 heteroatoms. The first kappa shape index (κ1) is 19.5. The van der Waals surface area contributed by atoms with Crippen LogP contribution < -0.4 is 5.56 Å². The van der Waals surface area contributed by atoms with E-state index in [1.807, 2.05) is 37.3 Å². The summed E-state index contributed by atoms with van der Waals surface area (Å²) in [5.74, 6) is 2.17. The zero-order chi connectivity index (χ0) is 20.7. The first-order chi connectivity index (χ1) is 14.6. The van der Waals surface area contributed by atoms with Gasteiger partial charge in [-0.2, -0.15) is 0 Å². The first-order valence-corrected chi connectivity index (χ1v) is 12.0. The Morgan fingerprint density at radius 3 is 2.90 bits per heavy atom. The Bertz CT molecular complexity index is 1260. The second-order valence-electron chi connectivity index (χ2n) is 7.63. The molecule has 0 radical (unpaired) electrons. The monoisotopic (exact) mass is 438 g/mol. The molecule has 3 heterocycles. The Morgan fingerprint density at radius 2 is 2.10 bits per heavy atom. The molecule has 1 atom stereocenters. The molecule has 0 N–H and O–H groups in total. The number of benzene rings is 1. The number of thioether (sulfide) groups is 1. The van der Waals surface area contributed by atoms with Crippen molar-refractivity contribution in [2.75, 3.05) is 0 Å². The number of nitrogens with zero attached hydrogens (tertiary/aromatic N) is 4. The van der Waals surface area contributed by atoms with Crippen LogP contribution in [0.5, 0.6) is 0 Å². The van der Waals surface area contributed by atoms with E-state index >= 15 is 0 Å². The lowest BCUT2D eigenvalue weighted by Crippen LogP contribution is -2.23. The highest BCUT2D eigenvalue weighted by Gasteiger charge is 2.24. The average molecular weight is 439 g/mol. The van der Waals surface area contributed by atoms with Gasteiger partial charge in [0, 0.05) is 17.0 Å². The van der Waals surface area contributed by atoms with Gasteiger partial charge in [0.1, 0.15) is 4.83 Å². The molecule has 3 aromatic heterocycles. The summed E-state index contributed by atoms with van der Waals surface area (Å²) in [5.41, 5.74) is 2.20. The highest BCUT2D eigenvalue weighted by atomic mass is 32.2. The summed E-state index contributed by atoms with van der Waals surface area (Å²) >= 11 is 3.16. The van der Waals surface area contributed by atoms with Gasteiger partial charge in [-0.05, 0) is 49.8 Å². The molecule has 4 aromatic rings. The van der Waals surface area contributed by atoms with Crippen LogP contribution in [0.4, 0.5) is 0 Å². The third kappa shape index (κ3) is 3.48. The molecule has 5 rings (SSSR count). The first-order valence-electron chi connectivity index (χ1n) is 10.2. The van der Waals surface area contributed by atoms with Crippen molar-refractivity contribution in [2.24, 2.45) is 5.92 Å². The molecule has 0 amide bonds. The zero-order valence-corrected chi connectivity index (χ0v) is 18.6. The summed E-state index contributed by atoms with van der Waals surface area (Å²) < 4.78 is 7.58. The van der Waals surface area contributed by atoms with Gasteiger partial charge in [0.2, 0.25) is 11.8 Å². The van der Waals surface area contributed by atoms with Gasteiger partial charge in [0.15, 0.2) is 5.16 Å². The van der Waals surface area contributed by atoms with Gasteiger partial charge in [-0.15, -0.1) is 21.5 Å². The summed E-state index contributed by atoms with van der Waals surface area (Å²) in [6.45, 7) is 4.85. The summed E-state index contributed by atoms with van der Waals surface area (Å²) in [6.07, 6.45) is 3.17. The molecule has 1 aliphatic carbocycles. The van der Waals surface area contributed by atoms with E-state index in [1.165, 1.54) is 22.2 Å². The van der Waals surface area contributed by atoms with Crippen molar-refractivity contribution >= 4 is 33.3 Å². The van der Waals surface area contributed by atoms with Crippen LogP contribution in [0, 0.1) is 5.92 Å². The minimum absolute atomic E-state index is 0.0764. The molecule has 1 aromatic carbocycles. The molecule has 0 aliphatic heterocycles. The van der Waals surface area contributed by atoms with E-state index in [1.54, 1.807) is 15.9 Å². The minimum atomic E-state index is 0.0764. The van der Waals surface area contributed by atoms with Crippen LogP contribution in [0.1, 0.15) is 36.6 Å². The Morgan fingerprint density at radius 1 is 1.27 bits per heavy atom. The van der Waals surface area contributed by atoms with E-state index in [4.69, 9.17) is 9.40 Å². The number of thiophene rings is 1. The van der Waals surface area contributed by atoms with E-state index in [-0.39, 0.29) is 5.56 Å². The molecule has 154 valence electrons. The average Bonchev–Trinajstić information content (AvgIpc) is 3.37. The number of hydrogen-bond donors (Lipinski definition) is 0. The van der Waals surface area contributed by atoms with Crippen LogP contribution in [0.25, 0.3) is 21.7 Å². The molecular formula is C22H22N4O2S2. The van der Waals surface area contributed by atoms with E-state index in [0.717, 1.165) is 35.0 Å². The predicted molar refractivity (Wildman–Crippen MR) is 120 cm³/mol. The summed E-state index contributed by atoms with van der Waals surface area (Å²) in [5, 5.41) is 9.84. The van der Waals surface area contributed by atoms with Crippen molar-refractivity contribution < 1.29 is 4.42 Å². The van der Waals surface area contributed by atoms with Gasteiger partial charge in [-0.25, -0.2) is 4.98 Å². The number of aryl methyl sites for hydroxylation is 1. The van der Waals surface area contributed by atoms with Crippen molar-refractivity contribution in [2.45, 2.75) is 50.6 Å². The molecule has 1 aliphatic rings. The van der Waals surface area contributed by atoms with E-state index in [9.17, 15) is 4.79 Å². The summed E-state index contributed by atoms with van der Waals surface area (Å²) in [6, 6.07) is 9.70. The SMILES string of the molecule is CCn1c(SCc2nnc(-c3ccccc3)o2)nc2sc3c(c2c1=O)CCC(C)C3. The van der Waals surface area contributed by atoms with Gasteiger partial charge in [-0.3, -0.25) is 9.36 Å². The molecule has 0 saturated heterocycles. The Kier molecular flexibility index (Phi) is 5.20. The van der Waals surface area contributed by atoms with Crippen LogP contribution >= 0.6 is 23.1 Å². The van der Waals surface area contributed by atoms with Gasteiger partial charge in [-0.1, -0.05) is 36.9 Å². The number of hydrogen-bond acceptors (Lipinski definition) is 7. The molecule has 1 unspecified atom stereocenters. The maximum atomic E-state index is 13.3. The molecule has 0 fully saturated rings. The van der Waals surface area contributed by atoms with Crippen LogP contribution in [0.3, 0.4) is 0 Å². The van der Waals surface area contributed by atoms with Crippen molar-refractivity contribution in [3.63, 3.8) is 0 Å². The van der Waals surface area contributed by atoms with Crippen molar-refractivity contribution in [1.82, 2.24) is 19.7 Å². The van der Waals surface area contributed by atoms with Crippen LogP contribution in [-0.2, 0) is 25.1 Å². The maximum Gasteiger partial charge on any atom is 0.263 e. The molecule has 30 heavy (non-hydrogen) atoms. The van der Waals surface area contributed by atoms with Crippen LogP contribution in [-0.4, -0.2) is 19.7 Å². The Labute approximate surface area is 182 Å². The summed E-state index contributed by atoms with van der Waals surface area (Å²) in [4.78, 5) is 20.3. The topological polar surface area (TPSA) is 73.8 Å². The van der Waals surface area contributed by atoms with E-state index in [0.29, 0.717) is 35.2 Å². The fourth-order valence-corrected chi connectivity index (χ4v) is 6.25. The minimum Gasteiger partial charge on any atom is -0.420 e. The van der Waals surface area contributed by atoms with Gasteiger partial charge in [0.05, 0.1) is 11.1 Å². The Balaban J connectivity index is 1.45. The normalized spacial score (nSPS) is 16.1. The van der Waals surface area contributed by atoms with Crippen molar-refractivity contribution in [3.05, 3.63) is 57.0 Å². The highest BCUT2D eigenvalue weighted by molar-refractivity contribution is 7.98. The summed E-state index contributed by atoms with van der Waals surface area (Å²) in [7, 11) is 0. The Hall–Kier alpha value is -2.45. The van der Waals surface area contributed by atoms with Crippen LogP contribution in [0.2, 0.25) is 0 Å². The third-order valence-corrected chi connectivity index (χ3v) is 7.62. The van der Waals surface area contributed by atoms with Gasteiger partial charge >= 0.3 is 0 Å². The molecule has 0 bridgehead atoms. The fraction of sp³-hybridized carbons (Fsp3) is 0.364. The van der Waals surface area contributed by atoms with Crippen molar-refractivity contribution in [1.29, 1.82) is 0 Å². The van der Waals surface area contributed by atoms with Crippen molar-refractivity contribution in [3.8, 4) is 11.5 Å². The number of rotatable bonds is 5. The lowest BCUT2D eigenvalue weighted by Gasteiger charge is -2.17. The second-order valence-corrected chi connectivity index (χ2v) is 9.66. The molecule has 0 saturated carbocycles. The van der Waals surface area contributed by atoms with Gasteiger partial charge in [0.25, 0.3) is 5.56 Å². The third-order valence-electron chi connectivity index (χ3n) is 5.51. The van der Waals surface area contributed by atoms with Gasteiger partial charge < -0.3 is 4.42 Å². The smallest absolute Gasteiger partial charge is 0.263 e. The standard InChI is InChI=1S/C22H22N4O2S2/c1-3-26-21(27)18-15-10-9-13(2)11-16(15)30-20(18)23-22(26)29-12-17-24-25-19(28-17)14-7-5-4-6-8-14/h4-8,13H,3,9-12H2,1-2H3. The quantitative estimate of drug-likeness (QED) is 0.324. The van der Waals surface area contributed by atoms with E-state index in [2.05, 4.69) is 17.1 Å². The second kappa shape index (κ2) is 8.00. The van der Waals surface area contributed by atoms with E-state index < -0.39 is 0 Å². The number of fused-ring (bicyclic) bond motifs is 3. The van der Waals surface area contributed by atoms with Crippen LogP contribution in [0.15, 0.2) is 44.7 Å². The lowest BCUT2D eigenvalue weighted by atomic mass is 9.89. The zero-order valence-electron chi connectivity index (χ0n) is 16.9. The maximum absolute atomic E-state index is 13.3. The highest BCUT2D eigenvalue weighted by Crippen LogP contribution is 2.36. The molecule has 0 spiro atoms. The number of aromatic nitrogens is 4.